The second-order valence-electron chi connectivity index (χ2n) is 6.59. The molecular formula is C24H26N4O3P+. The van der Waals surface area contributed by atoms with Gasteiger partial charge >= 0.3 is 0 Å². The van der Waals surface area contributed by atoms with Gasteiger partial charge < -0.3 is 9.79 Å². The molecule has 0 atom stereocenters. The van der Waals surface area contributed by atoms with Gasteiger partial charge in [-0.25, -0.2) is 9.13 Å². The second-order valence-corrected chi connectivity index (χ2v) is 7.04. The summed E-state index contributed by atoms with van der Waals surface area (Å²) in [7, 11) is -3.37. The zero-order chi connectivity index (χ0) is 22.9. The van der Waals surface area contributed by atoms with Gasteiger partial charge in [0.1, 0.15) is 0 Å². The van der Waals surface area contributed by atoms with Crippen molar-refractivity contribution in [3.8, 4) is 0 Å². The van der Waals surface area contributed by atoms with Crippen molar-refractivity contribution in [2.24, 2.45) is 0 Å². The van der Waals surface area contributed by atoms with Gasteiger partial charge in [-0.2, -0.15) is 0 Å². The zero-order valence-electron chi connectivity index (χ0n) is 17.7. The van der Waals surface area contributed by atoms with Gasteiger partial charge in [0.05, 0.1) is 0 Å². The Hall–Kier alpha value is -3.38. The third kappa shape index (κ3) is 11.7. The lowest BCUT2D eigenvalue weighted by Crippen LogP contribution is -2.33. The average molecular weight is 449 g/mol. The molecule has 0 aliphatic rings. The second kappa shape index (κ2) is 15.4. The summed E-state index contributed by atoms with van der Waals surface area (Å²) in [5, 5.41) is 0. The summed E-state index contributed by atoms with van der Waals surface area (Å²) in [5.74, 6) is 0. The van der Waals surface area contributed by atoms with Gasteiger partial charge in [-0.1, -0.05) is 28.8 Å². The summed E-state index contributed by atoms with van der Waals surface area (Å²) in [5.41, 5.74) is 2.28. The van der Waals surface area contributed by atoms with E-state index in [9.17, 15) is 0 Å². The van der Waals surface area contributed by atoms with Gasteiger partial charge in [-0.05, 0) is 24.3 Å². The molecule has 4 aromatic heterocycles. The van der Waals surface area contributed by atoms with Crippen LogP contribution >= 0.6 is 8.25 Å². The molecule has 0 radical (unpaired) electrons. The first kappa shape index (κ1) is 24.9. The molecule has 0 aromatic carbocycles. The van der Waals surface area contributed by atoms with Crippen molar-refractivity contribution in [2.75, 3.05) is 0 Å². The summed E-state index contributed by atoms with van der Waals surface area (Å²) in [6.45, 7) is 1.97. The molecule has 0 bridgehead atoms. The Kier molecular flexibility index (Phi) is 12.0. The fourth-order valence-corrected chi connectivity index (χ4v) is 2.75. The molecule has 0 N–H and O–H groups in total. The van der Waals surface area contributed by atoms with Crippen LogP contribution in [0.15, 0.2) is 110 Å². The summed E-state index contributed by atoms with van der Waals surface area (Å²) >= 11 is 0. The van der Waals surface area contributed by atoms with Crippen molar-refractivity contribution in [3.63, 3.8) is 0 Å². The number of aryl methyl sites for hydroxylation is 4. The van der Waals surface area contributed by atoms with Crippen LogP contribution in [0.4, 0.5) is 0 Å². The Morgan fingerprint density at radius 1 is 0.625 bits per heavy atom. The van der Waals surface area contributed by atoms with E-state index in [1.807, 2.05) is 73.1 Å². The third-order valence-electron chi connectivity index (χ3n) is 4.26. The van der Waals surface area contributed by atoms with Crippen molar-refractivity contribution in [2.45, 2.75) is 25.9 Å². The van der Waals surface area contributed by atoms with E-state index in [4.69, 9.17) is 14.4 Å². The Morgan fingerprint density at radius 2 is 1.00 bits per heavy atom. The molecule has 0 unspecified atom stereocenters. The quantitative estimate of drug-likeness (QED) is 0.329. The number of hydrogen-bond donors (Lipinski definition) is 0. The number of rotatable bonds is 6. The minimum atomic E-state index is -3.37. The van der Waals surface area contributed by atoms with Gasteiger partial charge in [-0.3, -0.25) is 9.97 Å². The summed E-state index contributed by atoms with van der Waals surface area (Å²) in [6, 6.07) is 24.3. The van der Waals surface area contributed by atoms with E-state index >= 15 is 0 Å². The molecule has 0 amide bonds. The maximum atomic E-state index is 8.48. The van der Waals surface area contributed by atoms with E-state index in [0.29, 0.717) is 0 Å². The lowest BCUT2D eigenvalue weighted by Gasteiger charge is -1.96. The molecule has 0 spiro atoms. The van der Waals surface area contributed by atoms with Crippen molar-refractivity contribution in [1.29, 1.82) is 0 Å². The van der Waals surface area contributed by atoms with Crippen LogP contribution in [0.2, 0.25) is 0 Å². The van der Waals surface area contributed by atoms with Crippen molar-refractivity contribution in [3.05, 3.63) is 121 Å². The highest BCUT2D eigenvalue weighted by Crippen LogP contribution is 1.95. The minimum Gasteiger partial charge on any atom is -0.598 e. The largest absolute Gasteiger partial charge is 0.598 e. The monoisotopic (exact) mass is 449 g/mol. The molecule has 0 aliphatic carbocycles. The molecule has 7 nitrogen and oxygen atoms in total. The lowest BCUT2D eigenvalue weighted by molar-refractivity contribution is -0.696. The van der Waals surface area contributed by atoms with Crippen LogP contribution in [-0.4, -0.2) is 9.97 Å². The fourth-order valence-electron chi connectivity index (χ4n) is 2.75. The smallest absolute Gasteiger partial charge is 0.276 e. The molecule has 0 saturated heterocycles. The number of nitrogens with zero attached hydrogens (tertiary/aromatic N) is 4. The first-order valence-electron chi connectivity index (χ1n) is 10.1. The first-order chi connectivity index (χ1) is 15.6. The minimum absolute atomic E-state index is 0.982. The first-order valence-corrected chi connectivity index (χ1v) is 11.2. The molecule has 32 heavy (non-hydrogen) atoms. The Morgan fingerprint density at radius 3 is 1.31 bits per heavy atom. The molecule has 4 heterocycles. The van der Waals surface area contributed by atoms with Gasteiger partial charge in [0.25, 0.3) is 8.25 Å². The molecule has 4 rings (SSSR count). The summed E-state index contributed by atoms with van der Waals surface area (Å²) < 4.78 is 12.8. The predicted octanol–water partition coefficient (Wildman–Crippen LogP) is 1.59. The van der Waals surface area contributed by atoms with E-state index in [1.54, 1.807) is 0 Å². The molecule has 164 valence electrons. The van der Waals surface area contributed by atoms with Crippen LogP contribution in [0.1, 0.15) is 11.4 Å². The highest BCUT2D eigenvalue weighted by atomic mass is 31.1. The molecule has 4 aromatic rings. The predicted molar refractivity (Wildman–Crippen MR) is 117 cm³/mol. The van der Waals surface area contributed by atoms with E-state index < -0.39 is 8.25 Å². The van der Waals surface area contributed by atoms with Crippen LogP contribution in [0.5, 0.6) is 0 Å². The van der Waals surface area contributed by atoms with Crippen LogP contribution in [0.3, 0.4) is 0 Å². The highest BCUT2D eigenvalue weighted by molar-refractivity contribution is 7.27. The number of hydrogen-bond acceptors (Lipinski definition) is 5. The Balaban J connectivity index is 0.000000195. The number of aromatic nitrogens is 4. The van der Waals surface area contributed by atoms with Crippen LogP contribution in [0, 0.1) is 0 Å². The fraction of sp³-hybridized carbons (Fsp3) is 0.167. The average Bonchev–Trinajstić information content (AvgIpc) is 2.84. The summed E-state index contributed by atoms with van der Waals surface area (Å²) in [4.78, 5) is 25.5. The highest BCUT2D eigenvalue weighted by Gasteiger charge is 2.00. The van der Waals surface area contributed by atoms with Gasteiger partial charge in [0.15, 0.2) is 37.9 Å². The summed E-state index contributed by atoms with van der Waals surface area (Å²) in [6.07, 6.45) is 13.9. The van der Waals surface area contributed by atoms with Crippen LogP contribution < -0.4 is 18.9 Å². The molecule has 8 heteroatoms. The SMILES string of the molecule is O=[P+]([O-])[O-].c1cc[n+](CCc2ccccn2)cc1.c1cc[n+](CCc2ccccn2)cc1. The standard InChI is InChI=1S/2C12H13N2.HO3P/c2*1-4-9-14(10-5-1)11-7-12-6-2-3-8-13-12;1-4(2)3/h2*1-6,8-10H,7,11H2;(H,1,2,3)/q2*+1;/p-1. The van der Waals surface area contributed by atoms with E-state index in [0.717, 1.165) is 37.3 Å². The topological polar surface area (TPSA) is 96.7 Å². The van der Waals surface area contributed by atoms with E-state index in [2.05, 4.69) is 56.0 Å². The maximum absolute atomic E-state index is 8.48. The third-order valence-corrected chi connectivity index (χ3v) is 4.26. The molecule has 0 saturated carbocycles. The maximum Gasteiger partial charge on any atom is 0.276 e. The van der Waals surface area contributed by atoms with Gasteiger partial charge in [-0.15, -0.1) is 0 Å². The molecule has 0 fully saturated rings. The zero-order valence-corrected chi connectivity index (χ0v) is 18.6. The molecule has 0 aliphatic heterocycles. The van der Waals surface area contributed by atoms with Crippen LogP contribution in [0.25, 0.3) is 0 Å². The number of pyridine rings is 4. The Labute approximate surface area is 189 Å². The normalized spacial score (nSPS) is 9.56. The van der Waals surface area contributed by atoms with Gasteiger partial charge in [0, 0.05) is 60.9 Å². The Bertz CT molecular complexity index is 846. The lowest BCUT2D eigenvalue weighted by atomic mass is 10.2. The van der Waals surface area contributed by atoms with Crippen LogP contribution in [-0.2, 0) is 30.5 Å². The van der Waals surface area contributed by atoms with Crippen molar-refractivity contribution < 1.29 is 23.5 Å². The molecular weight excluding hydrogens is 423 g/mol. The van der Waals surface area contributed by atoms with Gasteiger partial charge in [0.2, 0.25) is 0 Å². The van der Waals surface area contributed by atoms with Crippen molar-refractivity contribution in [1.82, 2.24) is 9.97 Å². The van der Waals surface area contributed by atoms with E-state index in [1.165, 1.54) is 0 Å². The van der Waals surface area contributed by atoms with Crippen molar-refractivity contribution >= 4 is 8.25 Å². The van der Waals surface area contributed by atoms with E-state index in [-0.39, 0.29) is 0 Å².